The third-order valence-electron chi connectivity index (χ3n) is 7.28. The SMILES string of the molecule is CC.CNC(=O)c1cc(/C(N)=C/C=C(N)N)ccc1F.[B]C(O)(C1CCOCC1)N1CC2CCCC2C1. The number of amides is 1. The topological polar surface area (TPSA) is 140 Å². The molecule has 1 aromatic rings. The number of nitrogens with zero attached hydrogens (tertiary/aromatic N) is 1. The molecular weight excluding hydrogens is 472 g/mol. The monoisotopic (exact) mass is 515 g/mol. The van der Waals surface area contributed by atoms with Crippen molar-refractivity contribution in [3.8, 4) is 0 Å². The maximum atomic E-state index is 13.4. The van der Waals surface area contributed by atoms with Gasteiger partial charge in [-0.3, -0.25) is 9.69 Å². The highest BCUT2D eigenvalue weighted by Gasteiger charge is 2.45. The summed E-state index contributed by atoms with van der Waals surface area (Å²) in [5.74, 6) is 0.715. The molecule has 1 aliphatic carbocycles. The molecule has 3 atom stereocenters. The fourth-order valence-corrected chi connectivity index (χ4v) is 5.20. The van der Waals surface area contributed by atoms with Gasteiger partial charge in [0.1, 0.15) is 13.7 Å². The Morgan fingerprint density at radius 3 is 2.27 bits per heavy atom. The van der Waals surface area contributed by atoms with Gasteiger partial charge in [0, 0.05) is 39.0 Å². The third-order valence-corrected chi connectivity index (χ3v) is 7.28. The van der Waals surface area contributed by atoms with Crippen LogP contribution in [0.5, 0.6) is 0 Å². The Hall–Kier alpha value is -2.56. The molecule has 0 spiro atoms. The summed E-state index contributed by atoms with van der Waals surface area (Å²) in [5.41, 5.74) is 15.9. The summed E-state index contributed by atoms with van der Waals surface area (Å²) in [7, 11) is 7.65. The molecule has 10 heteroatoms. The number of carbonyl (C=O) groups is 1. The first kappa shape index (κ1) is 30.7. The summed E-state index contributed by atoms with van der Waals surface area (Å²) in [5, 5.41) is 13.0. The number of fused-ring (bicyclic) bond motifs is 1. The molecule has 2 heterocycles. The largest absolute Gasteiger partial charge is 0.398 e. The third kappa shape index (κ3) is 8.22. The smallest absolute Gasteiger partial charge is 0.254 e. The van der Waals surface area contributed by atoms with Crippen LogP contribution in [0.3, 0.4) is 0 Å². The minimum atomic E-state index is -1.10. The van der Waals surface area contributed by atoms with Crippen molar-refractivity contribution < 1.29 is 19.0 Å². The van der Waals surface area contributed by atoms with E-state index in [1.54, 1.807) is 0 Å². The van der Waals surface area contributed by atoms with E-state index in [2.05, 4.69) is 10.2 Å². The average Bonchev–Trinajstić information content (AvgIpc) is 3.52. The average molecular weight is 515 g/mol. The van der Waals surface area contributed by atoms with Crippen LogP contribution in [0.25, 0.3) is 5.70 Å². The second-order valence-corrected chi connectivity index (χ2v) is 9.59. The molecule has 3 aliphatic rings. The highest BCUT2D eigenvalue weighted by Crippen LogP contribution is 2.41. The van der Waals surface area contributed by atoms with Crippen molar-refractivity contribution in [2.24, 2.45) is 35.0 Å². The number of allylic oxidation sites excluding steroid dienone is 2. The first-order valence-electron chi connectivity index (χ1n) is 13.2. The van der Waals surface area contributed by atoms with Gasteiger partial charge in [0.2, 0.25) is 0 Å². The summed E-state index contributed by atoms with van der Waals surface area (Å²) < 4.78 is 18.8. The molecule has 37 heavy (non-hydrogen) atoms. The van der Waals surface area contributed by atoms with Crippen LogP contribution < -0.4 is 22.5 Å². The molecular formula is C27H43BFN5O3. The van der Waals surface area contributed by atoms with Crippen LogP contribution in [0.2, 0.25) is 0 Å². The van der Waals surface area contributed by atoms with Gasteiger partial charge in [-0.25, -0.2) is 4.39 Å². The van der Waals surface area contributed by atoms with Crippen molar-refractivity contribution in [1.82, 2.24) is 10.2 Å². The van der Waals surface area contributed by atoms with Gasteiger partial charge in [0.05, 0.1) is 17.0 Å². The number of rotatable bonds is 5. The molecule has 2 saturated heterocycles. The molecule has 0 bridgehead atoms. The number of hydrogen-bond acceptors (Lipinski definition) is 7. The van der Waals surface area contributed by atoms with Crippen molar-refractivity contribution in [3.63, 3.8) is 0 Å². The molecule has 0 aromatic heterocycles. The van der Waals surface area contributed by atoms with Gasteiger partial charge in [0.25, 0.3) is 5.91 Å². The van der Waals surface area contributed by atoms with Crippen LogP contribution >= 0.6 is 0 Å². The van der Waals surface area contributed by atoms with E-state index >= 15 is 0 Å². The van der Waals surface area contributed by atoms with E-state index in [-0.39, 0.29) is 17.3 Å². The molecule has 204 valence electrons. The zero-order chi connectivity index (χ0) is 27.6. The predicted molar refractivity (Wildman–Crippen MR) is 146 cm³/mol. The quantitative estimate of drug-likeness (QED) is 0.299. The molecule has 1 saturated carbocycles. The summed E-state index contributed by atoms with van der Waals surface area (Å²) in [4.78, 5) is 13.5. The van der Waals surface area contributed by atoms with Crippen LogP contribution in [0.15, 0.2) is 36.2 Å². The number of halogens is 1. The normalized spacial score (nSPS) is 23.4. The lowest BCUT2D eigenvalue weighted by Crippen LogP contribution is -2.55. The number of nitrogens with two attached hydrogens (primary N) is 3. The molecule has 2 aliphatic heterocycles. The first-order chi connectivity index (χ1) is 17.6. The molecule has 4 rings (SSSR count). The van der Waals surface area contributed by atoms with Crippen molar-refractivity contribution in [2.75, 3.05) is 33.4 Å². The molecule has 8 N–H and O–H groups in total. The molecule has 8 nitrogen and oxygen atoms in total. The fraction of sp³-hybridized carbons (Fsp3) is 0.593. The van der Waals surface area contributed by atoms with Crippen LogP contribution in [0.4, 0.5) is 4.39 Å². The number of aliphatic hydroxyl groups is 1. The molecule has 3 fully saturated rings. The van der Waals surface area contributed by atoms with E-state index in [1.165, 1.54) is 56.7 Å². The Bertz CT molecular complexity index is 934. The van der Waals surface area contributed by atoms with Crippen molar-refractivity contribution >= 4 is 19.5 Å². The van der Waals surface area contributed by atoms with Crippen LogP contribution in [-0.4, -0.2) is 62.7 Å². The highest BCUT2D eigenvalue weighted by molar-refractivity contribution is 6.14. The lowest BCUT2D eigenvalue weighted by Gasteiger charge is -2.43. The molecule has 1 aromatic carbocycles. The Morgan fingerprint density at radius 1 is 1.14 bits per heavy atom. The second kappa shape index (κ2) is 14.4. The lowest BCUT2D eigenvalue weighted by molar-refractivity contribution is -0.102. The number of nitrogens with one attached hydrogen (secondary N) is 1. The van der Waals surface area contributed by atoms with Gasteiger partial charge >= 0.3 is 0 Å². The van der Waals surface area contributed by atoms with E-state index in [0.717, 1.165) is 51.0 Å². The van der Waals surface area contributed by atoms with Gasteiger partial charge < -0.3 is 32.4 Å². The van der Waals surface area contributed by atoms with Crippen LogP contribution in [-0.2, 0) is 4.74 Å². The van der Waals surface area contributed by atoms with E-state index in [1.807, 2.05) is 13.8 Å². The van der Waals surface area contributed by atoms with Crippen molar-refractivity contribution in [2.45, 2.75) is 51.6 Å². The fourth-order valence-electron chi connectivity index (χ4n) is 5.20. The zero-order valence-corrected chi connectivity index (χ0v) is 22.4. The maximum Gasteiger partial charge on any atom is 0.254 e. The summed E-state index contributed by atoms with van der Waals surface area (Å²) >= 11 is 0. The van der Waals surface area contributed by atoms with E-state index in [0.29, 0.717) is 11.3 Å². The minimum Gasteiger partial charge on any atom is -0.398 e. The van der Waals surface area contributed by atoms with Gasteiger partial charge in [-0.15, -0.1) is 0 Å². The Balaban J connectivity index is 0.000000244. The molecule has 3 unspecified atom stereocenters. The standard InChI is InChI=1S/C13H22BNO2.C12H15FN4O.C2H6/c14-13(16,12-4-6-17-7-5-12)15-8-10-2-1-3-11(10)9-15;1-17-12(18)8-6-7(2-3-9(8)13)10(14)4-5-11(15)16;1-2/h10-12,16H,1-9H2;2-6H,14-16H2,1H3,(H,17,18);1-2H3/b;10-4-;. The van der Waals surface area contributed by atoms with Crippen molar-refractivity contribution in [3.05, 3.63) is 53.1 Å². The van der Waals surface area contributed by atoms with Gasteiger partial charge in [-0.2, -0.15) is 0 Å². The van der Waals surface area contributed by atoms with Gasteiger partial charge in [-0.1, -0.05) is 20.3 Å². The lowest BCUT2D eigenvalue weighted by atomic mass is 9.74. The number of benzene rings is 1. The number of likely N-dealkylation sites (tertiary alicyclic amines) is 1. The second-order valence-electron chi connectivity index (χ2n) is 9.59. The maximum absolute atomic E-state index is 13.4. The Kier molecular flexibility index (Phi) is 11.9. The van der Waals surface area contributed by atoms with E-state index in [9.17, 15) is 14.3 Å². The zero-order valence-electron chi connectivity index (χ0n) is 22.4. The Labute approximate surface area is 221 Å². The number of hydrogen-bond donors (Lipinski definition) is 5. The summed E-state index contributed by atoms with van der Waals surface area (Å²) in [6.07, 6.45) is 8.69. The van der Waals surface area contributed by atoms with E-state index in [4.69, 9.17) is 29.8 Å². The van der Waals surface area contributed by atoms with Crippen LogP contribution in [0, 0.1) is 23.6 Å². The summed E-state index contributed by atoms with van der Waals surface area (Å²) in [6.45, 7) is 7.47. The van der Waals surface area contributed by atoms with Gasteiger partial charge in [0.15, 0.2) is 0 Å². The number of carbonyl (C=O) groups excluding carboxylic acids is 1. The molecule has 2 radical (unpaired) electrons. The highest BCUT2D eigenvalue weighted by atomic mass is 19.1. The first-order valence-corrected chi connectivity index (χ1v) is 13.2. The minimum absolute atomic E-state index is 0.0731. The Morgan fingerprint density at radius 2 is 1.73 bits per heavy atom. The summed E-state index contributed by atoms with van der Waals surface area (Å²) in [6, 6.07) is 4.00. The number of ether oxygens (including phenoxy) is 1. The predicted octanol–water partition coefficient (Wildman–Crippen LogP) is 2.23. The van der Waals surface area contributed by atoms with Crippen LogP contribution in [0.1, 0.15) is 61.9 Å². The van der Waals surface area contributed by atoms with Crippen molar-refractivity contribution in [1.29, 1.82) is 0 Å². The van der Waals surface area contributed by atoms with E-state index < -0.39 is 17.3 Å². The van der Waals surface area contributed by atoms with Gasteiger partial charge in [-0.05, 0) is 79.4 Å². The molecule has 1 amide bonds.